The number of para-hydroxylation sites is 1. The first-order valence-corrected chi connectivity index (χ1v) is 7.67. The van der Waals surface area contributed by atoms with Crippen LogP contribution in [0, 0.1) is 17.5 Å². The van der Waals surface area contributed by atoms with Crippen LogP contribution in [0.25, 0.3) is 0 Å². The van der Waals surface area contributed by atoms with Crippen molar-refractivity contribution in [2.75, 3.05) is 18.4 Å². The highest BCUT2D eigenvalue weighted by molar-refractivity contribution is 5.89. The number of hydrogen-bond acceptors (Lipinski definition) is 4. The third kappa shape index (κ3) is 4.17. The van der Waals surface area contributed by atoms with Crippen LogP contribution in [0.1, 0.15) is 12.8 Å². The maximum atomic E-state index is 13.6. The molecule has 132 valence electrons. The molecule has 0 saturated carbocycles. The number of likely N-dealkylation sites (tertiary alicyclic amines) is 1. The molecule has 0 atom stereocenters. The Bertz CT molecular complexity index is 729. The highest BCUT2D eigenvalue weighted by Gasteiger charge is 2.25. The number of nitrogens with one attached hydrogen (secondary N) is 1. The zero-order chi connectivity index (χ0) is 17.8. The summed E-state index contributed by atoms with van der Waals surface area (Å²) in [6.45, 7) is 0.682. The normalized spacial score (nSPS) is 15.1. The fourth-order valence-corrected chi connectivity index (χ4v) is 2.49. The molecule has 0 spiro atoms. The molecule has 9 heteroatoms. The van der Waals surface area contributed by atoms with Crippen molar-refractivity contribution < 1.29 is 22.7 Å². The summed E-state index contributed by atoms with van der Waals surface area (Å²) in [5.74, 6) is -2.22. The lowest BCUT2D eigenvalue weighted by molar-refractivity contribution is 0.107. The summed E-state index contributed by atoms with van der Waals surface area (Å²) >= 11 is 0. The Kier molecular flexibility index (Phi) is 5.01. The van der Waals surface area contributed by atoms with Crippen molar-refractivity contribution in [3.63, 3.8) is 0 Å². The minimum atomic E-state index is -0.833. The molecule has 1 fully saturated rings. The summed E-state index contributed by atoms with van der Waals surface area (Å²) in [7, 11) is 0. The second-order valence-electron chi connectivity index (χ2n) is 5.51. The van der Waals surface area contributed by atoms with Crippen molar-refractivity contribution in [3.05, 3.63) is 48.0 Å². The zero-order valence-electron chi connectivity index (χ0n) is 13.1. The van der Waals surface area contributed by atoms with Crippen LogP contribution in [-0.4, -0.2) is 40.1 Å². The van der Waals surface area contributed by atoms with Gasteiger partial charge in [-0.05, 0) is 12.1 Å². The van der Waals surface area contributed by atoms with Gasteiger partial charge in [0, 0.05) is 25.9 Å². The number of rotatable bonds is 3. The fourth-order valence-electron chi connectivity index (χ4n) is 2.49. The number of piperidine rings is 1. The number of anilines is 1. The van der Waals surface area contributed by atoms with Crippen molar-refractivity contribution in [2.24, 2.45) is 0 Å². The number of carbonyl (C=O) groups excluding carboxylic acids is 1. The van der Waals surface area contributed by atoms with Crippen LogP contribution < -0.4 is 10.1 Å². The van der Waals surface area contributed by atoms with Gasteiger partial charge in [0.15, 0.2) is 5.82 Å². The lowest BCUT2D eigenvalue weighted by atomic mass is 10.1. The molecule has 0 aliphatic carbocycles. The molecule has 0 unspecified atom stereocenters. The van der Waals surface area contributed by atoms with E-state index >= 15 is 0 Å². The van der Waals surface area contributed by atoms with E-state index in [-0.39, 0.29) is 12.1 Å². The third-order valence-electron chi connectivity index (χ3n) is 3.79. The maximum absolute atomic E-state index is 13.6. The van der Waals surface area contributed by atoms with Crippen LogP contribution >= 0.6 is 0 Å². The number of hydrogen-bond donors (Lipinski definition) is 1. The van der Waals surface area contributed by atoms with E-state index in [0.717, 1.165) is 24.5 Å². The van der Waals surface area contributed by atoms with Gasteiger partial charge in [0.05, 0.1) is 12.4 Å². The Labute approximate surface area is 141 Å². The average Bonchev–Trinajstić information content (AvgIpc) is 2.61. The quantitative estimate of drug-likeness (QED) is 0.922. The number of nitrogens with zero attached hydrogens (tertiary/aromatic N) is 3. The fraction of sp³-hybridized carbons (Fsp3) is 0.312. The van der Waals surface area contributed by atoms with Crippen LogP contribution in [0.5, 0.6) is 6.01 Å². The van der Waals surface area contributed by atoms with Gasteiger partial charge >= 0.3 is 12.0 Å². The van der Waals surface area contributed by atoms with Gasteiger partial charge in [-0.1, -0.05) is 6.07 Å². The summed E-state index contributed by atoms with van der Waals surface area (Å²) in [4.78, 5) is 21.0. The van der Waals surface area contributed by atoms with Crippen molar-refractivity contribution in [1.82, 2.24) is 14.9 Å². The van der Waals surface area contributed by atoms with Gasteiger partial charge in [-0.3, -0.25) is 0 Å². The molecule has 2 heterocycles. The molecule has 6 nitrogen and oxygen atoms in total. The minimum Gasteiger partial charge on any atom is -0.460 e. The number of amides is 2. The van der Waals surface area contributed by atoms with Gasteiger partial charge in [-0.2, -0.15) is 0 Å². The van der Waals surface area contributed by atoms with Gasteiger partial charge < -0.3 is 15.0 Å². The predicted molar refractivity (Wildman–Crippen MR) is 82.6 cm³/mol. The summed E-state index contributed by atoms with van der Waals surface area (Å²) < 4.78 is 45.4. The summed E-state index contributed by atoms with van der Waals surface area (Å²) in [6, 6.07) is 2.85. The topological polar surface area (TPSA) is 67.4 Å². The molecule has 0 radical (unpaired) electrons. The number of aromatic nitrogens is 2. The van der Waals surface area contributed by atoms with Crippen LogP contribution in [0.4, 0.5) is 23.7 Å². The maximum Gasteiger partial charge on any atom is 0.322 e. The van der Waals surface area contributed by atoms with Crippen molar-refractivity contribution in [3.8, 4) is 6.01 Å². The first-order chi connectivity index (χ1) is 12.0. The molecule has 2 aromatic rings. The molecule has 1 aromatic carbocycles. The van der Waals surface area contributed by atoms with E-state index < -0.39 is 29.2 Å². The molecule has 0 bridgehead atoms. The Balaban J connectivity index is 1.53. The largest absolute Gasteiger partial charge is 0.460 e. The average molecular weight is 352 g/mol. The Morgan fingerprint density at radius 1 is 1.12 bits per heavy atom. The number of urea groups is 1. The highest BCUT2D eigenvalue weighted by atomic mass is 19.1. The van der Waals surface area contributed by atoms with E-state index in [4.69, 9.17) is 4.74 Å². The molecular formula is C16H15F3N4O2. The molecule has 1 aliphatic rings. The second-order valence-corrected chi connectivity index (χ2v) is 5.51. The zero-order valence-corrected chi connectivity index (χ0v) is 13.1. The highest BCUT2D eigenvalue weighted by Crippen LogP contribution is 2.20. The van der Waals surface area contributed by atoms with Gasteiger partial charge in [0.25, 0.3) is 0 Å². The standard InChI is InChI=1S/C16H15F3N4O2/c17-10-8-20-15(21-9-10)25-11-4-6-23(7-5-11)16(24)22-14-12(18)2-1-3-13(14)19/h1-3,8-9,11H,4-7H2,(H,22,24). The molecular weight excluding hydrogens is 337 g/mol. The Morgan fingerprint density at radius 3 is 2.32 bits per heavy atom. The van der Waals surface area contributed by atoms with E-state index in [1.165, 1.54) is 11.0 Å². The molecule has 1 saturated heterocycles. The van der Waals surface area contributed by atoms with Gasteiger partial charge in [0.1, 0.15) is 23.4 Å². The van der Waals surface area contributed by atoms with Gasteiger partial charge in [-0.25, -0.2) is 27.9 Å². The molecule has 1 aromatic heterocycles. The van der Waals surface area contributed by atoms with Crippen molar-refractivity contribution in [2.45, 2.75) is 18.9 Å². The van der Waals surface area contributed by atoms with Gasteiger partial charge in [0.2, 0.25) is 0 Å². The monoisotopic (exact) mass is 352 g/mol. The van der Waals surface area contributed by atoms with Crippen molar-refractivity contribution >= 4 is 11.7 Å². The van der Waals surface area contributed by atoms with Crippen molar-refractivity contribution in [1.29, 1.82) is 0 Å². The molecule has 1 N–H and O–H groups in total. The molecule has 25 heavy (non-hydrogen) atoms. The van der Waals surface area contributed by atoms with E-state index in [2.05, 4.69) is 15.3 Å². The first kappa shape index (κ1) is 17.0. The minimum absolute atomic E-state index is 0.0673. The lowest BCUT2D eigenvalue weighted by Crippen LogP contribution is -2.44. The number of ether oxygens (including phenoxy) is 1. The van der Waals surface area contributed by atoms with E-state index in [0.29, 0.717) is 25.9 Å². The SMILES string of the molecule is O=C(Nc1c(F)cccc1F)N1CCC(Oc2ncc(F)cn2)CC1. The molecule has 1 aliphatic heterocycles. The van der Waals surface area contributed by atoms with Crippen LogP contribution in [0.2, 0.25) is 0 Å². The van der Waals surface area contributed by atoms with Crippen LogP contribution in [0.3, 0.4) is 0 Å². The Morgan fingerprint density at radius 2 is 1.72 bits per heavy atom. The van der Waals surface area contributed by atoms with E-state index in [1.54, 1.807) is 0 Å². The predicted octanol–water partition coefficient (Wildman–Crippen LogP) is 2.97. The third-order valence-corrected chi connectivity index (χ3v) is 3.79. The summed E-state index contributed by atoms with van der Waals surface area (Å²) in [5.41, 5.74) is -0.467. The Hall–Kier alpha value is -2.84. The second kappa shape index (κ2) is 7.37. The lowest BCUT2D eigenvalue weighted by Gasteiger charge is -2.31. The van der Waals surface area contributed by atoms with Crippen LogP contribution in [0.15, 0.2) is 30.6 Å². The summed E-state index contributed by atoms with van der Waals surface area (Å²) in [6.07, 6.45) is 2.78. The van der Waals surface area contributed by atoms with Crippen LogP contribution in [-0.2, 0) is 0 Å². The number of benzene rings is 1. The number of halogens is 3. The van der Waals surface area contributed by atoms with E-state index in [9.17, 15) is 18.0 Å². The first-order valence-electron chi connectivity index (χ1n) is 7.67. The number of carbonyl (C=O) groups is 1. The summed E-state index contributed by atoms with van der Waals surface area (Å²) in [5, 5.41) is 2.25. The van der Waals surface area contributed by atoms with Gasteiger partial charge in [-0.15, -0.1) is 0 Å². The van der Waals surface area contributed by atoms with E-state index in [1.807, 2.05) is 0 Å². The molecule has 2 amide bonds. The smallest absolute Gasteiger partial charge is 0.322 e. The molecule has 3 rings (SSSR count).